The smallest absolute Gasteiger partial charge is 0.237 e. The molecule has 22 heavy (non-hydrogen) atoms. The molecule has 1 unspecified atom stereocenters. The van der Waals surface area contributed by atoms with Crippen LogP contribution in [-0.2, 0) is 9.53 Å². The van der Waals surface area contributed by atoms with Gasteiger partial charge in [0.15, 0.2) is 0 Å². The molecule has 2 N–H and O–H groups in total. The fourth-order valence-corrected chi connectivity index (χ4v) is 3.38. The van der Waals surface area contributed by atoms with Crippen LogP contribution in [0.3, 0.4) is 0 Å². The summed E-state index contributed by atoms with van der Waals surface area (Å²) in [4.78, 5) is 13.5. The molecule has 4 nitrogen and oxygen atoms in total. The van der Waals surface area contributed by atoms with E-state index >= 15 is 0 Å². The maximum atomic E-state index is 12.2. The number of ether oxygens (including phenoxy) is 1. The molecule has 5 heteroatoms. The lowest BCUT2D eigenvalue weighted by atomic mass is 10.0. The second kappa shape index (κ2) is 9.18. The number of methoxy groups -OCH3 is 1. The van der Waals surface area contributed by atoms with Crippen molar-refractivity contribution in [3.8, 4) is 0 Å². The van der Waals surface area contributed by atoms with Crippen molar-refractivity contribution in [2.45, 2.75) is 43.2 Å². The van der Waals surface area contributed by atoms with E-state index in [9.17, 15) is 4.79 Å². The van der Waals surface area contributed by atoms with Crippen LogP contribution in [0.1, 0.15) is 37.8 Å². The highest BCUT2D eigenvalue weighted by molar-refractivity contribution is 7.99. The number of carbonyl (C=O) groups is 1. The summed E-state index contributed by atoms with van der Waals surface area (Å²) >= 11 is 1.78. The molecular weight excluding hydrogens is 296 g/mol. The van der Waals surface area contributed by atoms with E-state index in [4.69, 9.17) is 4.74 Å². The molecule has 0 aliphatic carbocycles. The molecular formula is C17H26N2O2S. The number of thioether (sulfide) groups is 1. The van der Waals surface area contributed by atoms with E-state index in [1.54, 1.807) is 18.9 Å². The highest BCUT2D eigenvalue weighted by Crippen LogP contribution is 2.21. The van der Waals surface area contributed by atoms with E-state index in [1.807, 2.05) is 6.92 Å². The number of piperidine rings is 1. The van der Waals surface area contributed by atoms with Gasteiger partial charge in [0.25, 0.3) is 0 Å². The first-order valence-electron chi connectivity index (χ1n) is 7.96. The van der Waals surface area contributed by atoms with Gasteiger partial charge in [0, 0.05) is 17.8 Å². The molecule has 1 aromatic rings. The summed E-state index contributed by atoms with van der Waals surface area (Å²) in [6.45, 7) is 3.74. The number of hydrogen-bond acceptors (Lipinski definition) is 4. The van der Waals surface area contributed by atoms with Gasteiger partial charge in [-0.3, -0.25) is 4.79 Å². The predicted octanol–water partition coefficient (Wildman–Crippen LogP) is 2.74. The third-order valence-electron chi connectivity index (χ3n) is 3.92. The minimum atomic E-state index is -0.0277. The summed E-state index contributed by atoms with van der Waals surface area (Å²) in [6, 6.07) is 8.41. The number of carbonyl (C=O) groups excluding carboxylic acids is 1. The molecule has 1 heterocycles. The normalized spacial score (nSPS) is 19.6. The Balaban J connectivity index is 1.83. The Kier molecular flexibility index (Phi) is 7.22. The van der Waals surface area contributed by atoms with Crippen molar-refractivity contribution < 1.29 is 9.53 Å². The van der Waals surface area contributed by atoms with Crippen molar-refractivity contribution in [1.29, 1.82) is 0 Å². The maximum absolute atomic E-state index is 12.2. The fraction of sp³-hybridized carbons (Fsp3) is 0.588. The summed E-state index contributed by atoms with van der Waals surface area (Å²) in [7, 11) is 1.72. The lowest BCUT2D eigenvalue weighted by Gasteiger charge is -2.24. The van der Waals surface area contributed by atoms with Crippen molar-refractivity contribution in [2.75, 3.05) is 26.0 Å². The minimum Gasteiger partial charge on any atom is -0.384 e. The standard InChI is InChI=1S/C17H26N2O2S/c1-13(19-17(20)16-5-3-4-10-18-16)14-6-8-15(9-7-14)22-12-11-21-2/h6-9,13,16,18H,3-5,10-12H2,1-2H3,(H,19,20)/t13?,16-/m1/s1. The highest BCUT2D eigenvalue weighted by Gasteiger charge is 2.21. The fourth-order valence-electron chi connectivity index (χ4n) is 2.57. The van der Waals surface area contributed by atoms with E-state index in [0.29, 0.717) is 0 Å². The SMILES string of the molecule is COCCSc1ccc(C(C)NC(=O)[C@H]2CCCCN2)cc1. The van der Waals surface area contributed by atoms with Gasteiger partial charge in [-0.05, 0) is 44.0 Å². The second-order valence-electron chi connectivity index (χ2n) is 5.64. The third kappa shape index (κ3) is 5.30. The van der Waals surface area contributed by atoms with Gasteiger partial charge >= 0.3 is 0 Å². The first kappa shape index (κ1) is 17.3. The zero-order valence-electron chi connectivity index (χ0n) is 13.4. The van der Waals surface area contributed by atoms with Crippen molar-refractivity contribution in [2.24, 2.45) is 0 Å². The van der Waals surface area contributed by atoms with Crippen LogP contribution in [0.15, 0.2) is 29.2 Å². The molecule has 0 spiro atoms. The Morgan fingerprint density at radius 1 is 1.41 bits per heavy atom. The average molecular weight is 322 g/mol. The monoisotopic (exact) mass is 322 g/mol. The van der Waals surface area contributed by atoms with Gasteiger partial charge in [0.2, 0.25) is 5.91 Å². The number of nitrogens with one attached hydrogen (secondary N) is 2. The van der Waals surface area contributed by atoms with Crippen molar-refractivity contribution in [3.05, 3.63) is 29.8 Å². The van der Waals surface area contributed by atoms with E-state index in [1.165, 1.54) is 11.3 Å². The van der Waals surface area contributed by atoms with Gasteiger partial charge in [-0.25, -0.2) is 0 Å². The molecule has 2 atom stereocenters. The molecule has 2 rings (SSSR count). The molecule has 1 aromatic carbocycles. The molecule has 0 saturated carbocycles. The van der Waals surface area contributed by atoms with Gasteiger partial charge < -0.3 is 15.4 Å². The van der Waals surface area contributed by atoms with E-state index in [0.717, 1.165) is 37.3 Å². The highest BCUT2D eigenvalue weighted by atomic mass is 32.2. The number of rotatable bonds is 7. The molecule has 122 valence electrons. The van der Waals surface area contributed by atoms with Gasteiger partial charge in [0.05, 0.1) is 18.7 Å². The van der Waals surface area contributed by atoms with Crippen LogP contribution in [0.5, 0.6) is 0 Å². The Hall–Kier alpha value is -1.04. The summed E-state index contributed by atoms with van der Waals surface area (Å²) < 4.78 is 5.05. The maximum Gasteiger partial charge on any atom is 0.237 e. The molecule has 0 bridgehead atoms. The zero-order chi connectivity index (χ0) is 15.8. The van der Waals surface area contributed by atoms with Crippen LogP contribution in [0, 0.1) is 0 Å². The van der Waals surface area contributed by atoms with Crippen LogP contribution < -0.4 is 10.6 Å². The first-order chi connectivity index (χ1) is 10.7. The molecule has 1 saturated heterocycles. The molecule has 1 aliphatic heterocycles. The average Bonchev–Trinajstić information content (AvgIpc) is 2.56. The first-order valence-corrected chi connectivity index (χ1v) is 8.94. The van der Waals surface area contributed by atoms with Crippen LogP contribution in [0.25, 0.3) is 0 Å². The third-order valence-corrected chi connectivity index (χ3v) is 4.90. The summed E-state index contributed by atoms with van der Waals surface area (Å²) in [6.07, 6.45) is 3.24. The van der Waals surface area contributed by atoms with Crippen molar-refractivity contribution in [3.63, 3.8) is 0 Å². The lowest BCUT2D eigenvalue weighted by molar-refractivity contribution is -0.124. The van der Waals surface area contributed by atoms with Crippen LogP contribution in [0.2, 0.25) is 0 Å². The minimum absolute atomic E-state index is 0.0277. The Bertz CT molecular complexity index is 458. The Labute approximate surface area is 137 Å². The lowest BCUT2D eigenvalue weighted by Crippen LogP contribution is -2.47. The number of amides is 1. The predicted molar refractivity (Wildman–Crippen MR) is 91.2 cm³/mol. The Morgan fingerprint density at radius 3 is 2.82 bits per heavy atom. The summed E-state index contributed by atoms with van der Waals surface area (Å²) in [5.41, 5.74) is 1.14. The van der Waals surface area contributed by atoms with Crippen molar-refractivity contribution in [1.82, 2.24) is 10.6 Å². The summed E-state index contributed by atoms with van der Waals surface area (Å²) in [5.74, 6) is 1.07. The van der Waals surface area contributed by atoms with Gasteiger partial charge in [-0.1, -0.05) is 18.6 Å². The largest absolute Gasteiger partial charge is 0.384 e. The van der Waals surface area contributed by atoms with Gasteiger partial charge in [-0.15, -0.1) is 11.8 Å². The Morgan fingerprint density at radius 2 is 2.18 bits per heavy atom. The van der Waals surface area contributed by atoms with Gasteiger partial charge in [-0.2, -0.15) is 0 Å². The van der Waals surface area contributed by atoms with Crippen molar-refractivity contribution >= 4 is 17.7 Å². The second-order valence-corrected chi connectivity index (χ2v) is 6.81. The molecule has 1 amide bonds. The quantitative estimate of drug-likeness (QED) is 0.599. The summed E-state index contributed by atoms with van der Waals surface area (Å²) in [5, 5.41) is 6.40. The van der Waals surface area contributed by atoms with Gasteiger partial charge in [0.1, 0.15) is 0 Å². The van der Waals surface area contributed by atoms with E-state index in [2.05, 4.69) is 34.9 Å². The van der Waals surface area contributed by atoms with Crippen LogP contribution >= 0.6 is 11.8 Å². The van der Waals surface area contributed by atoms with E-state index < -0.39 is 0 Å². The number of benzene rings is 1. The number of hydrogen-bond donors (Lipinski definition) is 2. The van der Waals surface area contributed by atoms with E-state index in [-0.39, 0.29) is 18.0 Å². The van der Waals surface area contributed by atoms with Crippen LogP contribution in [0.4, 0.5) is 0 Å². The molecule has 1 fully saturated rings. The topological polar surface area (TPSA) is 50.4 Å². The van der Waals surface area contributed by atoms with Crippen LogP contribution in [-0.4, -0.2) is 38.0 Å². The zero-order valence-corrected chi connectivity index (χ0v) is 14.2. The molecule has 0 radical (unpaired) electrons. The molecule has 0 aromatic heterocycles. The molecule has 1 aliphatic rings.